The van der Waals surface area contributed by atoms with Crippen molar-refractivity contribution in [2.24, 2.45) is 7.05 Å². The number of aromatic nitrogens is 2. The zero-order valence-corrected chi connectivity index (χ0v) is 18.6. The van der Waals surface area contributed by atoms with Gasteiger partial charge in [0.2, 0.25) is 0 Å². The molecule has 0 aliphatic carbocycles. The van der Waals surface area contributed by atoms with Gasteiger partial charge in [-0.05, 0) is 40.2 Å². The number of aromatic hydroxyl groups is 1. The van der Waals surface area contributed by atoms with Gasteiger partial charge in [-0.2, -0.15) is 5.26 Å². The number of hydrogen-bond donors (Lipinski definition) is 1. The van der Waals surface area contributed by atoms with E-state index in [0.717, 1.165) is 18.7 Å². The van der Waals surface area contributed by atoms with E-state index in [1.165, 1.54) is 4.57 Å². The molecular weight excluding hydrogens is 470 g/mol. The highest BCUT2D eigenvalue weighted by Gasteiger charge is 2.25. The normalized spacial score (nSPS) is 14.8. The van der Waals surface area contributed by atoms with Gasteiger partial charge in [-0.1, -0.05) is 17.7 Å². The number of phenolic OH excluding ortho intramolecular Hbond substituents is 1. The lowest BCUT2D eigenvalue weighted by molar-refractivity contribution is 0.247. The highest BCUT2D eigenvalue weighted by Crippen LogP contribution is 2.30. The van der Waals surface area contributed by atoms with Crippen LogP contribution < -0.4 is 10.5 Å². The molecule has 0 radical (unpaired) electrons. The molecule has 3 aromatic rings. The molecule has 0 amide bonds. The Balaban J connectivity index is 1.63. The summed E-state index contributed by atoms with van der Waals surface area (Å²) in [6.45, 7) is 3.32. The number of halogens is 2. The van der Waals surface area contributed by atoms with Crippen LogP contribution in [0.25, 0.3) is 11.0 Å². The Morgan fingerprint density at radius 3 is 2.63 bits per heavy atom. The van der Waals surface area contributed by atoms with Crippen molar-refractivity contribution in [2.75, 3.05) is 31.1 Å². The minimum absolute atomic E-state index is 0.111. The van der Waals surface area contributed by atoms with E-state index in [0.29, 0.717) is 46.0 Å². The van der Waals surface area contributed by atoms with Crippen LogP contribution in [0.1, 0.15) is 11.1 Å². The SMILES string of the molecule is Cn1c(=O)c(C#N)c(N2CCN(Cc3ccc(Cl)cc3O)CC2)c2nc(Br)ccc21. The molecule has 0 saturated carbocycles. The Hall–Kier alpha value is -2.60. The predicted octanol–water partition coefficient (Wildman–Crippen LogP) is 3.25. The molecule has 3 heterocycles. The molecule has 1 N–H and O–H groups in total. The Labute approximate surface area is 186 Å². The number of phenols is 1. The number of anilines is 1. The summed E-state index contributed by atoms with van der Waals surface area (Å²) >= 11 is 9.31. The lowest BCUT2D eigenvalue weighted by atomic mass is 10.1. The van der Waals surface area contributed by atoms with Crippen LogP contribution in [-0.2, 0) is 13.6 Å². The first-order valence-corrected chi connectivity index (χ1v) is 10.6. The zero-order chi connectivity index (χ0) is 21.4. The maximum absolute atomic E-state index is 12.8. The van der Waals surface area contributed by atoms with Crippen LogP contribution in [0.2, 0.25) is 5.02 Å². The molecule has 7 nitrogen and oxygen atoms in total. The first-order valence-electron chi connectivity index (χ1n) is 9.43. The molecule has 1 aromatic carbocycles. The molecule has 1 aliphatic heterocycles. The number of aryl methyl sites for hydroxylation is 1. The topological polar surface area (TPSA) is 85.4 Å². The molecule has 1 aliphatic rings. The number of hydrogen-bond acceptors (Lipinski definition) is 6. The van der Waals surface area contributed by atoms with E-state index < -0.39 is 0 Å². The largest absolute Gasteiger partial charge is 0.508 e. The average Bonchev–Trinajstić information content (AvgIpc) is 2.73. The Kier molecular flexibility index (Phi) is 5.69. The van der Waals surface area contributed by atoms with Gasteiger partial charge >= 0.3 is 0 Å². The Bertz CT molecular complexity index is 1230. The Morgan fingerprint density at radius 1 is 1.23 bits per heavy atom. The zero-order valence-electron chi connectivity index (χ0n) is 16.3. The van der Waals surface area contributed by atoms with Gasteiger partial charge in [-0.3, -0.25) is 9.69 Å². The van der Waals surface area contributed by atoms with E-state index in [2.05, 4.69) is 36.8 Å². The van der Waals surface area contributed by atoms with Gasteiger partial charge in [0.15, 0.2) is 0 Å². The number of piperazine rings is 1. The van der Waals surface area contributed by atoms with Crippen molar-refractivity contribution in [2.45, 2.75) is 6.54 Å². The quantitative estimate of drug-likeness (QED) is 0.570. The molecule has 1 saturated heterocycles. The van der Waals surface area contributed by atoms with Gasteiger partial charge in [0.05, 0.1) is 11.2 Å². The van der Waals surface area contributed by atoms with Crippen molar-refractivity contribution in [3.05, 3.63) is 61.4 Å². The molecule has 0 spiro atoms. The lowest BCUT2D eigenvalue weighted by Crippen LogP contribution is -2.47. The van der Waals surface area contributed by atoms with E-state index in [-0.39, 0.29) is 16.9 Å². The molecule has 30 heavy (non-hydrogen) atoms. The molecular formula is C21H19BrClN5O2. The molecule has 154 valence electrons. The van der Waals surface area contributed by atoms with Crippen molar-refractivity contribution in [1.29, 1.82) is 5.26 Å². The third-order valence-corrected chi connectivity index (χ3v) is 6.10. The number of nitrogens with zero attached hydrogens (tertiary/aromatic N) is 5. The fourth-order valence-corrected chi connectivity index (χ4v) is 4.30. The highest BCUT2D eigenvalue weighted by molar-refractivity contribution is 9.10. The number of benzene rings is 1. The summed E-state index contributed by atoms with van der Waals surface area (Å²) in [6, 6.07) is 10.8. The minimum Gasteiger partial charge on any atom is -0.508 e. The standard InChI is InChI=1S/C21H19BrClN5O2/c1-26-16-4-5-18(22)25-19(16)20(15(11-24)21(26)30)28-8-6-27(7-9-28)12-13-2-3-14(23)10-17(13)29/h2-5,10,29H,6-9,12H2,1H3. The molecule has 0 unspecified atom stereocenters. The third-order valence-electron chi connectivity index (χ3n) is 5.42. The van der Waals surface area contributed by atoms with Crippen LogP contribution in [-0.4, -0.2) is 45.7 Å². The third kappa shape index (κ3) is 3.76. The number of rotatable bonds is 3. The number of nitriles is 1. The van der Waals surface area contributed by atoms with E-state index in [9.17, 15) is 15.2 Å². The molecule has 9 heteroatoms. The number of fused-ring (bicyclic) bond motifs is 1. The van der Waals surface area contributed by atoms with Crippen LogP contribution in [0.5, 0.6) is 5.75 Å². The van der Waals surface area contributed by atoms with Gasteiger partial charge in [0.25, 0.3) is 5.56 Å². The van der Waals surface area contributed by atoms with E-state index >= 15 is 0 Å². The first-order chi connectivity index (χ1) is 14.4. The van der Waals surface area contributed by atoms with E-state index in [4.69, 9.17) is 11.6 Å². The fraction of sp³-hybridized carbons (Fsp3) is 0.286. The highest BCUT2D eigenvalue weighted by atomic mass is 79.9. The lowest BCUT2D eigenvalue weighted by Gasteiger charge is -2.36. The summed E-state index contributed by atoms with van der Waals surface area (Å²) in [5.74, 6) is 0.184. The fourth-order valence-electron chi connectivity index (χ4n) is 3.82. The van der Waals surface area contributed by atoms with Crippen molar-refractivity contribution in [3.8, 4) is 11.8 Å². The smallest absolute Gasteiger partial charge is 0.270 e. The maximum Gasteiger partial charge on any atom is 0.270 e. The van der Waals surface area contributed by atoms with Crippen LogP contribution in [0.15, 0.2) is 39.7 Å². The van der Waals surface area contributed by atoms with Crippen LogP contribution >= 0.6 is 27.5 Å². The summed E-state index contributed by atoms with van der Waals surface area (Å²) in [6.07, 6.45) is 0. The van der Waals surface area contributed by atoms with Crippen molar-refractivity contribution >= 4 is 44.3 Å². The van der Waals surface area contributed by atoms with Crippen LogP contribution in [0.4, 0.5) is 5.69 Å². The van der Waals surface area contributed by atoms with Gasteiger partial charge in [0, 0.05) is 50.4 Å². The maximum atomic E-state index is 12.8. The van der Waals surface area contributed by atoms with Crippen molar-refractivity contribution in [1.82, 2.24) is 14.5 Å². The second kappa shape index (κ2) is 8.26. The predicted molar refractivity (Wildman–Crippen MR) is 120 cm³/mol. The van der Waals surface area contributed by atoms with E-state index in [1.807, 2.05) is 12.1 Å². The average molecular weight is 489 g/mol. The summed E-state index contributed by atoms with van der Waals surface area (Å²) in [5.41, 5.74) is 2.51. The van der Waals surface area contributed by atoms with Crippen LogP contribution in [0.3, 0.4) is 0 Å². The second-order valence-electron chi connectivity index (χ2n) is 7.24. The van der Waals surface area contributed by atoms with Gasteiger partial charge in [-0.15, -0.1) is 0 Å². The monoisotopic (exact) mass is 487 g/mol. The molecule has 0 bridgehead atoms. The van der Waals surface area contributed by atoms with Crippen molar-refractivity contribution in [3.63, 3.8) is 0 Å². The van der Waals surface area contributed by atoms with Crippen LogP contribution in [0, 0.1) is 11.3 Å². The summed E-state index contributed by atoms with van der Waals surface area (Å²) in [4.78, 5) is 21.6. The second-order valence-corrected chi connectivity index (χ2v) is 8.49. The van der Waals surface area contributed by atoms with Gasteiger partial charge in [0.1, 0.15) is 27.5 Å². The summed E-state index contributed by atoms with van der Waals surface area (Å²) in [5, 5.41) is 20.3. The first kappa shape index (κ1) is 20.7. The van der Waals surface area contributed by atoms with E-state index in [1.54, 1.807) is 25.2 Å². The molecule has 2 aromatic heterocycles. The summed E-state index contributed by atoms with van der Waals surface area (Å²) < 4.78 is 2.12. The molecule has 0 atom stereocenters. The minimum atomic E-state index is -0.322. The Morgan fingerprint density at radius 2 is 1.97 bits per heavy atom. The van der Waals surface area contributed by atoms with Gasteiger partial charge < -0.3 is 14.6 Å². The summed E-state index contributed by atoms with van der Waals surface area (Å²) in [7, 11) is 1.65. The van der Waals surface area contributed by atoms with Crippen molar-refractivity contribution < 1.29 is 5.11 Å². The number of pyridine rings is 2. The molecule has 4 rings (SSSR count). The van der Waals surface area contributed by atoms with Gasteiger partial charge in [-0.25, -0.2) is 4.98 Å². The molecule has 1 fully saturated rings.